The van der Waals surface area contributed by atoms with Crippen molar-refractivity contribution in [3.8, 4) is 0 Å². The highest BCUT2D eigenvalue weighted by molar-refractivity contribution is 7.59. The van der Waals surface area contributed by atoms with Crippen LogP contribution in [0, 0.1) is 27.7 Å². The molecule has 0 bridgehead atoms. The summed E-state index contributed by atoms with van der Waals surface area (Å²) < 4.78 is 0. The Kier molecular flexibility index (Phi) is 2.87. The molecule has 1 aromatic heterocycles. The van der Waals surface area contributed by atoms with Crippen molar-refractivity contribution in [1.82, 2.24) is 0 Å². The maximum Gasteiger partial charge on any atom is 0.159 e. The normalized spacial score (nSPS) is 11.4. The smallest absolute Gasteiger partial charge is 0.0519 e. The number of benzene rings is 2. The van der Waals surface area contributed by atoms with Crippen molar-refractivity contribution in [2.45, 2.75) is 27.7 Å². The topological polar surface area (TPSA) is 0 Å². The fourth-order valence-electron chi connectivity index (χ4n) is 3.40. The van der Waals surface area contributed by atoms with E-state index in [0.717, 1.165) is 0 Å². The van der Waals surface area contributed by atoms with Gasteiger partial charge in [0.2, 0.25) is 0 Å². The number of aryl methyl sites for hydroxylation is 5. The van der Waals surface area contributed by atoms with Gasteiger partial charge in [0.25, 0.3) is 0 Å². The maximum atomic E-state index is 2.41. The Balaban J connectivity index is 2.60. The van der Waals surface area contributed by atoms with Crippen LogP contribution >= 0.6 is 7.53 Å². The first-order valence-corrected chi connectivity index (χ1v) is 8.57. The molecule has 3 aromatic rings. The lowest BCUT2D eigenvalue weighted by molar-refractivity contribution is 1.43. The average Bonchev–Trinajstić information content (AvgIpc) is 2.25. The van der Waals surface area contributed by atoms with Crippen LogP contribution in [0.2, 0.25) is 0 Å². The second-order valence-corrected chi connectivity index (χ2v) is 7.76. The van der Waals surface area contributed by atoms with Gasteiger partial charge in [-0.05, 0) is 68.1 Å². The molecule has 0 fully saturated rings. The standard InChI is InChI=1S/C18H20P/c1-11-6-13(3)17-15(8-11)10-16-9-12(2)7-14(4)18(16)19(17)5/h6-10H,1-5H3/q+1. The molecule has 0 saturated carbocycles. The van der Waals surface area contributed by atoms with Crippen molar-refractivity contribution < 1.29 is 0 Å². The summed E-state index contributed by atoms with van der Waals surface area (Å²) >= 11 is 0. The maximum absolute atomic E-state index is 2.41. The summed E-state index contributed by atoms with van der Waals surface area (Å²) in [5.41, 5.74) is 5.63. The molecule has 0 spiro atoms. The number of hydrogen-bond acceptors (Lipinski definition) is 0. The van der Waals surface area contributed by atoms with Gasteiger partial charge < -0.3 is 0 Å². The van der Waals surface area contributed by atoms with Crippen LogP contribution in [-0.2, 0) is 6.66 Å². The lowest BCUT2D eigenvalue weighted by Crippen LogP contribution is -1.85. The van der Waals surface area contributed by atoms with Gasteiger partial charge in [0, 0.05) is 10.8 Å². The predicted octanol–water partition coefficient (Wildman–Crippen LogP) is 6.03. The molecule has 0 radical (unpaired) electrons. The molecule has 1 heterocycles. The second-order valence-electron chi connectivity index (χ2n) is 5.74. The van der Waals surface area contributed by atoms with E-state index >= 15 is 0 Å². The van der Waals surface area contributed by atoms with Crippen LogP contribution < -0.4 is 0 Å². The number of fused-ring (bicyclic) bond motifs is 2. The lowest BCUT2D eigenvalue weighted by Gasteiger charge is -2.06. The van der Waals surface area contributed by atoms with Crippen molar-refractivity contribution in [1.29, 1.82) is 0 Å². The predicted molar refractivity (Wildman–Crippen MR) is 88.5 cm³/mol. The van der Waals surface area contributed by atoms with Gasteiger partial charge in [0.05, 0.1) is 0 Å². The fourth-order valence-corrected chi connectivity index (χ4v) is 5.85. The Hall–Kier alpha value is -1.39. The minimum absolute atomic E-state index is 0.221. The fraction of sp³-hybridized carbons (Fsp3) is 0.278. The molecule has 0 atom stereocenters. The van der Waals surface area contributed by atoms with Crippen LogP contribution in [0.5, 0.6) is 0 Å². The Morgan fingerprint density at radius 3 is 1.47 bits per heavy atom. The zero-order valence-corrected chi connectivity index (χ0v) is 13.2. The molecule has 96 valence electrons. The molecular formula is C18H20P+. The van der Waals surface area contributed by atoms with Gasteiger partial charge in [-0.25, -0.2) is 0 Å². The van der Waals surface area contributed by atoms with Crippen LogP contribution in [-0.4, -0.2) is 0 Å². The summed E-state index contributed by atoms with van der Waals surface area (Å²) in [6.07, 6.45) is 0. The van der Waals surface area contributed by atoms with Gasteiger partial charge in [0.1, 0.15) is 14.2 Å². The van der Waals surface area contributed by atoms with E-state index in [1.54, 1.807) is 10.2 Å². The highest BCUT2D eigenvalue weighted by Gasteiger charge is 2.18. The lowest BCUT2D eigenvalue weighted by atomic mass is 10.1. The number of hydrogen-bond donors (Lipinski definition) is 0. The zero-order chi connectivity index (χ0) is 13.7. The SMILES string of the molecule is Cc1cc(C)c2c(c1)cc1cc(C)cc(C)c1[p+]2C. The zero-order valence-electron chi connectivity index (χ0n) is 12.3. The van der Waals surface area contributed by atoms with Crippen LogP contribution in [0.1, 0.15) is 22.3 Å². The third-order valence-corrected chi connectivity index (χ3v) is 6.49. The number of rotatable bonds is 0. The molecule has 0 nitrogen and oxygen atoms in total. The molecule has 0 N–H and O–H groups in total. The van der Waals surface area contributed by atoms with Crippen LogP contribution in [0.15, 0.2) is 30.3 Å². The van der Waals surface area contributed by atoms with E-state index < -0.39 is 0 Å². The van der Waals surface area contributed by atoms with Crippen LogP contribution in [0.3, 0.4) is 0 Å². The Morgan fingerprint density at radius 1 is 0.632 bits per heavy atom. The second kappa shape index (κ2) is 4.32. The van der Waals surface area contributed by atoms with Crippen molar-refractivity contribution in [2.75, 3.05) is 0 Å². The molecule has 0 saturated heterocycles. The minimum Gasteiger partial charge on any atom is -0.0519 e. The summed E-state index contributed by atoms with van der Waals surface area (Å²) in [6.45, 7) is 11.3. The van der Waals surface area contributed by atoms with E-state index in [4.69, 9.17) is 0 Å². The summed E-state index contributed by atoms with van der Waals surface area (Å²) in [5, 5.41) is 6.01. The first kappa shape index (κ1) is 12.6. The Bertz CT molecular complexity index is 747. The van der Waals surface area contributed by atoms with E-state index in [1.165, 1.54) is 33.0 Å². The molecule has 0 aliphatic rings. The van der Waals surface area contributed by atoms with E-state index in [2.05, 4.69) is 64.7 Å². The Morgan fingerprint density at radius 2 is 1.05 bits per heavy atom. The third kappa shape index (κ3) is 1.95. The molecular weight excluding hydrogens is 247 g/mol. The van der Waals surface area contributed by atoms with Gasteiger partial charge >= 0.3 is 0 Å². The van der Waals surface area contributed by atoms with Crippen molar-refractivity contribution in [2.24, 2.45) is 6.66 Å². The summed E-state index contributed by atoms with van der Waals surface area (Å²) in [4.78, 5) is 0. The van der Waals surface area contributed by atoms with Crippen LogP contribution in [0.4, 0.5) is 0 Å². The molecule has 1 heteroatoms. The van der Waals surface area contributed by atoms with Gasteiger partial charge in [0.15, 0.2) is 10.2 Å². The van der Waals surface area contributed by atoms with Gasteiger partial charge in [-0.3, -0.25) is 0 Å². The highest BCUT2D eigenvalue weighted by Crippen LogP contribution is 2.46. The van der Waals surface area contributed by atoms with Gasteiger partial charge in [-0.15, -0.1) is 0 Å². The third-order valence-electron chi connectivity index (χ3n) is 3.93. The molecule has 19 heavy (non-hydrogen) atoms. The van der Waals surface area contributed by atoms with Crippen molar-refractivity contribution >= 4 is 28.5 Å². The van der Waals surface area contributed by atoms with Gasteiger partial charge in [-0.2, -0.15) is 0 Å². The molecule has 0 aliphatic heterocycles. The van der Waals surface area contributed by atoms with E-state index in [9.17, 15) is 0 Å². The monoisotopic (exact) mass is 267 g/mol. The summed E-state index contributed by atoms with van der Waals surface area (Å²) in [6, 6.07) is 11.7. The van der Waals surface area contributed by atoms with Crippen LogP contribution in [0.25, 0.3) is 21.0 Å². The van der Waals surface area contributed by atoms with E-state index in [1.807, 2.05) is 0 Å². The van der Waals surface area contributed by atoms with Gasteiger partial charge in [-0.1, -0.05) is 12.1 Å². The van der Waals surface area contributed by atoms with Crippen molar-refractivity contribution in [3.63, 3.8) is 0 Å². The molecule has 0 unspecified atom stereocenters. The van der Waals surface area contributed by atoms with Crippen molar-refractivity contribution in [3.05, 3.63) is 52.6 Å². The van der Waals surface area contributed by atoms with E-state index in [-0.39, 0.29) is 7.53 Å². The van der Waals surface area contributed by atoms with E-state index in [0.29, 0.717) is 0 Å². The molecule has 0 amide bonds. The molecule has 0 aliphatic carbocycles. The molecule has 2 aromatic carbocycles. The minimum atomic E-state index is -0.221. The summed E-state index contributed by atoms with van der Waals surface area (Å²) in [5.74, 6) is 0. The quantitative estimate of drug-likeness (QED) is 0.436. The largest absolute Gasteiger partial charge is 0.159 e. The highest BCUT2D eigenvalue weighted by atomic mass is 31.1. The average molecular weight is 267 g/mol. The molecule has 3 rings (SSSR count). The first-order chi connectivity index (χ1) is 8.97. The first-order valence-electron chi connectivity index (χ1n) is 6.78. The Labute approximate surface area is 116 Å². The summed E-state index contributed by atoms with van der Waals surface area (Å²) in [7, 11) is -0.221.